The van der Waals surface area contributed by atoms with Crippen molar-refractivity contribution in [2.45, 2.75) is 51.1 Å². The van der Waals surface area contributed by atoms with Crippen LogP contribution in [0.2, 0.25) is 0 Å². The second-order valence-electron chi connectivity index (χ2n) is 5.15. The van der Waals surface area contributed by atoms with Crippen LogP contribution in [0.25, 0.3) is 0 Å². The molecule has 0 aromatic heterocycles. The second kappa shape index (κ2) is 6.04. The third kappa shape index (κ3) is 3.60. The fraction of sp³-hybridized carbons (Fsp3) is 0.833. The summed E-state index contributed by atoms with van der Waals surface area (Å²) in [6, 6.07) is -0.320. The van der Waals surface area contributed by atoms with E-state index in [4.69, 9.17) is 10.2 Å². The number of aliphatic hydroxyl groups is 1. The van der Waals surface area contributed by atoms with Gasteiger partial charge in [-0.2, -0.15) is 0 Å². The molecule has 0 atom stereocenters. The summed E-state index contributed by atoms with van der Waals surface area (Å²) in [5.74, 6) is -0.895. The van der Waals surface area contributed by atoms with Crippen LogP contribution in [0.5, 0.6) is 0 Å². The Morgan fingerprint density at radius 3 is 2.33 bits per heavy atom. The number of hydrogen-bond donors (Lipinski definition) is 3. The van der Waals surface area contributed by atoms with Crippen molar-refractivity contribution >= 4 is 12.0 Å². The van der Waals surface area contributed by atoms with Crippen molar-refractivity contribution in [2.75, 3.05) is 13.2 Å². The van der Waals surface area contributed by atoms with E-state index in [1.165, 1.54) is 4.90 Å². The number of carboxylic acid groups (broad SMARTS) is 1. The summed E-state index contributed by atoms with van der Waals surface area (Å²) in [4.78, 5) is 24.4. The van der Waals surface area contributed by atoms with Gasteiger partial charge in [0.2, 0.25) is 0 Å². The van der Waals surface area contributed by atoms with Crippen molar-refractivity contribution in [3.05, 3.63) is 0 Å². The number of carboxylic acids is 1. The third-order valence-corrected chi connectivity index (χ3v) is 3.40. The lowest BCUT2D eigenvalue weighted by atomic mass is 9.74. The van der Waals surface area contributed by atoms with Gasteiger partial charge in [0.15, 0.2) is 0 Å². The zero-order chi connectivity index (χ0) is 13.8. The van der Waals surface area contributed by atoms with E-state index in [1.54, 1.807) is 0 Å². The molecule has 1 aliphatic rings. The number of carbonyl (C=O) groups is 2. The van der Waals surface area contributed by atoms with Crippen molar-refractivity contribution in [3.63, 3.8) is 0 Å². The fourth-order valence-electron chi connectivity index (χ4n) is 2.24. The number of amides is 2. The summed E-state index contributed by atoms with van der Waals surface area (Å²) in [5.41, 5.74) is -0.592. The molecular weight excluding hydrogens is 236 g/mol. The number of urea groups is 1. The summed E-state index contributed by atoms with van der Waals surface area (Å²) in [6.45, 7) is 3.88. The number of aliphatic carboxylic acids is 1. The maximum absolute atomic E-state index is 12.1. The molecule has 2 amide bonds. The number of carbonyl (C=O) groups excluding carboxylic acids is 1. The lowest BCUT2D eigenvalue weighted by Crippen LogP contribution is -2.59. The lowest BCUT2D eigenvalue weighted by Gasteiger charge is -2.43. The van der Waals surface area contributed by atoms with Crippen LogP contribution < -0.4 is 5.32 Å². The van der Waals surface area contributed by atoms with E-state index < -0.39 is 11.5 Å². The molecule has 1 aliphatic carbocycles. The quantitative estimate of drug-likeness (QED) is 0.657. The summed E-state index contributed by atoms with van der Waals surface area (Å²) in [5, 5.41) is 20.6. The number of nitrogens with zero attached hydrogens (tertiary/aromatic N) is 1. The van der Waals surface area contributed by atoms with E-state index in [0.29, 0.717) is 12.8 Å². The number of aliphatic hydroxyl groups excluding tert-OH is 1. The summed E-state index contributed by atoms with van der Waals surface area (Å²) in [7, 11) is 0. The SMILES string of the molecule is CC(C)N(CCO)C(=O)NC1(CC(=O)O)CCC1. The number of hydrogen-bond acceptors (Lipinski definition) is 3. The van der Waals surface area contributed by atoms with E-state index in [0.717, 1.165) is 6.42 Å². The van der Waals surface area contributed by atoms with Crippen molar-refractivity contribution in [2.24, 2.45) is 0 Å². The Morgan fingerprint density at radius 1 is 1.39 bits per heavy atom. The van der Waals surface area contributed by atoms with Gasteiger partial charge in [-0.05, 0) is 33.1 Å². The van der Waals surface area contributed by atoms with Crippen LogP contribution in [-0.2, 0) is 4.79 Å². The van der Waals surface area contributed by atoms with Gasteiger partial charge in [0.1, 0.15) is 0 Å². The number of nitrogens with one attached hydrogen (secondary N) is 1. The molecule has 1 rings (SSSR count). The smallest absolute Gasteiger partial charge is 0.318 e. The van der Waals surface area contributed by atoms with Crippen LogP contribution in [0.1, 0.15) is 39.5 Å². The van der Waals surface area contributed by atoms with Crippen molar-refractivity contribution in [1.29, 1.82) is 0 Å². The van der Waals surface area contributed by atoms with Gasteiger partial charge in [-0.25, -0.2) is 4.79 Å². The van der Waals surface area contributed by atoms with Crippen LogP contribution in [0, 0.1) is 0 Å². The summed E-state index contributed by atoms with van der Waals surface area (Å²) >= 11 is 0. The minimum absolute atomic E-state index is 0.0286. The summed E-state index contributed by atoms with van der Waals surface area (Å²) < 4.78 is 0. The van der Waals surface area contributed by atoms with Crippen LogP contribution in [0.4, 0.5) is 4.79 Å². The van der Waals surface area contributed by atoms with Gasteiger partial charge in [-0.1, -0.05) is 0 Å². The maximum Gasteiger partial charge on any atom is 0.318 e. The maximum atomic E-state index is 12.1. The van der Waals surface area contributed by atoms with Crippen LogP contribution in [0.15, 0.2) is 0 Å². The molecule has 0 saturated heterocycles. The first-order valence-electron chi connectivity index (χ1n) is 6.32. The van der Waals surface area contributed by atoms with Crippen LogP contribution in [0.3, 0.4) is 0 Å². The van der Waals surface area contributed by atoms with Gasteiger partial charge in [0.25, 0.3) is 0 Å². The normalized spacial score (nSPS) is 17.1. The molecule has 1 fully saturated rings. The first-order chi connectivity index (χ1) is 8.40. The Bertz CT molecular complexity index is 313. The van der Waals surface area contributed by atoms with Crippen molar-refractivity contribution in [3.8, 4) is 0 Å². The topological polar surface area (TPSA) is 89.9 Å². The molecule has 104 valence electrons. The molecule has 3 N–H and O–H groups in total. The predicted molar refractivity (Wildman–Crippen MR) is 66.3 cm³/mol. The predicted octanol–water partition coefficient (Wildman–Crippen LogP) is 0.796. The molecule has 0 bridgehead atoms. The molecule has 6 heteroatoms. The van der Waals surface area contributed by atoms with Gasteiger partial charge in [0.05, 0.1) is 18.6 Å². The minimum Gasteiger partial charge on any atom is -0.481 e. The second-order valence-corrected chi connectivity index (χ2v) is 5.15. The Hall–Kier alpha value is -1.30. The average Bonchev–Trinajstić information content (AvgIpc) is 2.21. The van der Waals surface area contributed by atoms with Crippen LogP contribution >= 0.6 is 0 Å². The molecule has 0 heterocycles. The molecule has 0 radical (unpaired) electrons. The molecule has 0 spiro atoms. The van der Waals surface area contributed by atoms with Gasteiger partial charge in [-0.15, -0.1) is 0 Å². The minimum atomic E-state index is -0.895. The standard InChI is InChI=1S/C12H22N2O4/c1-9(2)14(6-7-15)11(18)13-12(4-3-5-12)8-10(16)17/h9,15H,3-8H2,1-2H3,(H,13,18)(H,16,17). The van der Waals surface area contributed by atoms with E-state index in [1.807, 2.05) is 13.8 Å². The monoisotopic (exact) mass is 258 g/mol. The molecule has 1 saturated carbocycles. The molecule has 0 aliphatic heterocycles. The largest absolute Gasteiger partial charge is 0.481 e. The highest BCUT2D eigenvalue weighted by Gasteiger charge is 2.41. The average molecular weight is 258 g/mol. The third-order valence-electron chi connectivity index (χ3n) is 3.40. The van der Waals surface area contributed by atoms with Crippen molar-refractivity contribution < 1.29 is 19.8 Å². The highest BCUT2D eigenvalue weighted by atomic mass is 16.4. The Labute approximate surface area is 107 Å². The van der Waals surface area contributed by atoms with Gasteiger partial charge >= 0.3 is 12.0 Å². The van der Waals surface area contributed by atoms with Gasteiger partial charge in [0, 0.05) is 12.6 Å². The van der Waals surface area contributed by atoms with Crippen LogP contribution in [-0.4, -0.2) is 51.8 Å². The fourth-order valence-corrected chi connectivity index (χ4v) is 2.24. The molecule has 18 heavy (non-hydrogen) atoms. The van der Waals surface area contributed by atoms with Gasteiger partial charge in [-0.3, -0.25) is 4.79 Å². The molecule has 0 aromatic rings. The first-order valence-corrected chi connectivity index (χ1v) is 6.32. The highest BCUT2D eigenvalue weighted by Crippen LogP contribution is 2.35. The highest BCUT2D eigenvalue weighted by molar-refractivity contribution is 5.77. The Kier molecular flexibility index (Phi) is 4.95. The first kappa shape index (κ1) is 14.8. The molecular formula is C12H22N2O4. The van der Waals surface area contributed by atoms with E-state index in [-0.39, 0.29) is 31.6 Å². The zero-order valence-electron chi connectivity index (χ0n) is 11.0. The molecule has 0 unspecified atom stereocenters. The molecule has 0 aromatic carbocycles. The lowest BCUT2D eigenvalue weighted by molar-refractivity contribution is -0.139. The van der Waals surface area contributed by atoms with Crippen molar-refractivity contribution in [1.82, 2.24) is 10.2 Å². The van der Waals surface area contributed by atoms with Gasteiger partial charge < -0.3 is 20.4 Å². The zero-order valence-corrected chi connectivity index (χ0v) is 11.0. The summed E-state index contributed by atoms with van der Waals surface area (Å²) in [6.07, 6.45) is 2.31. The molecule has 6 nitrogen and oxygen atoms in total. The van der Waals surface area contributed by atoms with E-state index >= 15 is 0 Å². The Morgan fingerprint density at radius 2 is 2.00 bits per heavy atom. The van der Waals surface area contributed by atoms with E-state index in [9.17, 15) is 9.59 Å². The number of rotatable bonds is 6. The van der Waals surface area contributed by atoms with E-state index in [2.05, 4.69) is 5.32 Å². The Balaban J connectivity index is 2.63.